The number of hydrogen-bond acceptors (Lipinski definition) is 2. The van der Waals surface area contributed by atoms with Gasteiger partial charge in [0, 0.05) is 30.1 Å². The average molecular weight is 297 g/mol. The van der Waals surface area contributed by atoms with E-state index in [1.807, 2.05) is 13.8 Å². The smallest absolute Gasteiger partial charge is 0.251 e. The number of unbranched alkanes of at least 4 members (excludes halogenated alkanes) is 1. The summed E-state index contributed by atoms with van der Waals surface area (Å²) in [5.41, 5.74) is 2.22. The third kappa shape index (κ3) is 5.21. The molecule has 0 aliphatic heterocycles. The molecule has 110 valence electrons. The Morgan fingerprint density at radius 3 is 2.60 bits per heavy atom. The standard InChI is InChI=1S/C15H21ClN2O2/c1-3-17-15(20)12-7-8-13(11(2)10-12)18-14(19)6-4-5-9-16/h7-8,10H,3-6,9H2,1-2H3,(H,17,20)(H,18,19). The summed E-state index contributed by atoms with van der Waals surface area (Å²) in [5.74, 6) is 0.452. The molecule has 2 N–H and O–H groups in total. The van der Waals surface area contributed by atoms with E-state index in [0.717, 1.165) is 24.1 Å². The Hall–Kier alpha value is -1.55. The number of anilines is 1. The van der Waals surface area contributed by atoms with Crippen molar-refractivity contribution in [1.29, 1.82) is 0 Å². The second-order valence-electron chi connectivity index (χ2n) is 4.58. The van der Waals surface area contributed by atoms with E-state index >= 15 is 0 Å². The van der Waals surface area contributed by atoms with Crippen LogP contribution in [0, 0.1) is 6.92 Å². The molecule has 20 heavy (non-hydrogen) atoms. The summed E-state index contributed by atoms with van der Waals surface area (Å²) in [6.45, 7) is 4.34. The quantitative estimate of drug-likeness (QED) is 0.600. The molecule has 2 amide bonds. The number of aryl methyl sites for hydroxylation is 1. The first-order valence-corrected chi connectivity index (χ1v) is 7.36. The fourth-order valence-corrected chi connectivity index (χ4v) is 1.99. The average Bonchev–Trinajstić information content (AvgIpc) is 2.41. The highest BCUT2D eigenvalue weighted by molar-refractivity contribution is 6.17. The molecule has 0 aliphatic carbocycles. The predicted molar refractivity (Wildman–Crippen MR) is 82.4 cm³/mol. The zero-order valence-corrected chi connectivity index (χ0v) is 12.7. The first-order chi connectivity index (χ1) is 9.58. The van der Waals surface area contributed by atoms with Gasteiger partial charge in [0.1, 0.15) is 0 Å². The SMILES string of the molecule is CCNC(=O)c1ccc(NC(=O)CCCCCl)c(C)c1. The van der Waals surface area contributed by atoms with Crippen molar-refractivity contribution < 1.29 is 9.59 Å². The highest BCUT2D eigenvalue weighted by Gasteiger charge is 2.08. The van der Waals surface area contributed by atoms with E-state index in [2.05, 4.69) is 10.6 Å². The number of hydrogen-bond donors (Lipinski definition) is 2. The lowest BCUT2D eigenvalue weighted by molar-refractivity contribution is -0.116. The molecule has 1 rings (SSSR count). The molecule has 0 spiro atoms. The van der Waals surface area contributed by atoms with Crippen LogP contribution in [-0.4, -0.2) is 24.2 Å². The van der Waals surface area contributed by atoms with Crippen LogP contribution < -0.4 is 10.6 Å². The summed E-state index contributed by atoms with van der Waals surface area (Å²) in [5, 5.41) is 5.60. The van der Waals surface area contributed by atoms with Gasteiger partial charge in [-0.25, -0.2) is 0 Å². The first-order valence-electron chi connectivity index (χ1n) is 6.83. The second-order valence-corrected chi connectivity index (χ2v) is 4.96. The fraction of sp³-hybridized carbons (Fsp3) is 0.467. The normalized spacial score (nSPS) is 10.2. The van der Waals surface area contributed by atoms with Crippen LogP contribution in [0.4, 0.5) is 5.69 Å². The van der Waals surface area contributed by atoms with E-state index in [1.54, 1.807) is 18.2 Å². The van der Waals surface area contributed by atoms with Crippen molar-refractivity contribution in [3.8, 4) is 0 Å². The summed E-state index contributed by atoms with van der Waals surface area (Å²) in [7, 11) is 0. The molecule has 0 atom stereocenters. The second kappa shape index (κ2) is 8.59. The molecule has 0 aromatic heterocycles. The van der Waals surface area contributed by atoms with Crippen molar-refractivity contribution in [3.05, 3.63) is 29.3 Å². The van der Waals surface area contributed by atoms with Crippen molar-refractivity contribution >= 4 is 29.1 Å². The number of benzene rings is 1. The molecule has 4 nitrogen and oxygen atoms in total. The Morgan fingerprint density at radius 2 is 2.00 bits per heavy atom. The Morgan fingerprint density at radius 1 is 1.25 bits per heavy atom. The maximum Gasteiger partial charge on any atom is 0.251 e. The van der Waals surface area contributed by atoms with Gasteiger partial charge in [-0.1, -0.05) is 0 Å². The number of rotatable bonds is 7. The molecule has 1 aromatic rings. The molecular weight excluding hydrogens is 276 g/mol. The van der Waals surface area contributed by atoms with Crippen molar-refractivity contribution in [2.75, 3.05) is 17.7 Å². The van der Waals surface area contributed by atoms with E-state index < -0.39 is 0 Å². The third-order valence-corrected chi connectivity index (χ3v) is 3.15. The monoisotopic (exact) mass is 296 g/mol. The van der Waals surface area contributed by atoms with E-state index in [-0.39, 0.29) is 11.8 Å². The maximum atomic E-state index is 11.7. The summed E-state index contributed by atoms with van der Waals surface area (Å²) in [4.78, 5) is 23.4. The van der Waals surface area contributed by atoms with Crippen molar-refractivity contribution in [3.63, 3.8) is 0 Å². The van der Waals surface area contributed by atoms with E-state index in [4.69, 9.17) is 11.6 Å². The van der Waals surface area contributed by atoms with Gasteiger partial charge in [-0.05, 0) is 50.5 Å². The van der Waals surface area contributed by atoms with E-state index in [1.165, 1.54) is 0 Å². The topological polar surface area (TPSA) is 58.2 Å². The number of halogens is 1. The molecule has 5 heteroatoms. The molecule has 0 unspecified atom stereocenters. The number of carbonyl (C=O) groups excluding carboxylic acids is 2. The number of nitrogens with one attached hydrogen (secondary N) is 2. The number of alkyl halides is 1. The van der Waals surface area contributed by atoms with Crippen molar-refractivity contribution in [2.45, 2.75) is 33.1 Å². The highest BCUT2D eigenvalue weighted by atomic mass is 35.5. The van der Waals surface area contributed by atoms with Crippen LogP contribution in [0.25, 0.3) is 0 Å². The molecule has 0 heterocycles. The lowest BCUT2D eigenvalue weighted by atomic mass is 10.1. The Kier molecular flexibility index (Phi) is 7.09. The zero-order valence-electron chi connectivity index (χ0n) is 12.0. The molecule has 0 aliphatic rings. The van der Waals surface area contributed by atoms with Crippen molar-refractivity contribution in [2.24, 2.45) is 0 Å². The van der Waals surface area contributed by atoms with Crippen LogP contribution in [0.15, 0.2) is 18.2 Å². The zero-order chi connectivity index (χ0) is 15.0. The summed E-state index contributed by atoms with van der Waals surface area (Å²) < 4.78 is 0. The molecule has 0 radical (unpaired) electrons. The van der Waals surface area contributed by atoms with Gasteiger partial charge in [0.05, 0.1) is 0 Å². The molecule has 1 aromatic carbocycles. The maximum absolute atomic E-state index is 11.7. The Labute approximate surface area is 124 Å². The summed E-state index contributed by atoms with van der Waals surface area (Å²) >= 11 is 5.57. The van der Waals surface area contributed by atoms with Gasteiger partial charge >= 0.3 is 0 Å². The Balaban J connectivity index is 2.64. The van der Waals surface area contributed by atoms with Gasteiger partial charge in [0.25, 0.3) is 5.91 Å². The third-order valence-electron chi connectivity index (χ3n) is 2.89. The summed E-state index contributed by atoms with van der Waals surface area (Å²) in [6, 6.07) is 5.26. The van der Waals surface area contributed by atoms with E-state index in [0.29, 0.717) is 24.4 Å². The van der Waals surface area contributed by atoms with Crippen LogP contribution in [0.5, 0.6) is 0 Å². The number of amides is 2. The first kappa shape index (κ1) is 16.5. The van der Waals surface area contributed by atoms with Gasteiger partial charge in [-0.3, -0.25) is 9.59 Å². The van der Waals surface area contributed by atoms with Gasteiger partial charge in [-0.15, -0.1) is 11.6 Å². The van der Waals surface area contributed by atoms with Crippen LogP contribution in [-0.2, 0) is 4.79 Å². The highest BCUT2D eigenvalue weighted by Crippen LogP contribution is 2.17. The molecule has 0 fully saturated rings. The largest absolute Gasteiger partial charge is 0.352 e. The van der Waals surface area contributed by atoms with Crippen LogP contribution >= 0.6 is 11.6 Å². The van der Waals surface area contributed by atoms with Crippen LogP contribution in [0.3, 0.4) is 0 Å². The lowest BCUT2D eigenvalue weighted by Gasteiger charge is -2.10. The van der Waals surface area contributed by atoms with Gasteiger partial charge in [0.2, 0.25) is 5.91 Å². The minimum Gasteiger partial charge on any atom is -0.352 e. The number of carbonyl (C=O) groups is 2. The van der Waals surface area contributed by atoms with Crippen LogP contribution in [0.1, 0.15) is 42.1 Å². The minimum absolute atomic E-state index is 0.0241. The summed E-state index contributed by atoms with van der Waals surface area (Å²) in [6.07, 6.45) is 2.08. The van der Waals surface area contributed by atoms with Gasteiger partial charge < -0.3 is 10.6 Å². The predicted octanol–water partition coefficient (Wildman–Crippen LogP) is 3.09. The molecule has 0 saturated carbocycles. The van der Waals surface area contributed by atoms with Gasteiger partial charge in [0.15, 0.2) is 0 Å². The Bertz CT molecular complexity index is 475. The molecule has 0 bridgehead atoms. The van der Waals surface area contributed by atoms with Crippen LogP contribution in [0.2, 0.25) is 0 Å². The van der Waals surface area contributed by atoms with Crippen molar-refractivity contribution in [1.82, 2.24) is 5.32 Å². The fourth-order valence-electron chi connectivity index (χ4n) is 1.80. The van der Waals surface area contributed by atoms with Gasteiger partial charge in [-0.2, -0.15) is 0 Å². The molecular formula is C15H21ClN2O2. The molecule has 0 saturated heterocycles. The lowest BCUT2D eigenvalue weighted by Crippen LogP contribution is -2.22. The van der Waals surface area contributed by atoms with E-state index in [9.17, 15) is 9.59 Å². The minimum atomic E-state index is -0.101.